The highest BCUT2D eigenvalue weighted by molar-refractivity contribution is 7.09. The van der Waals surface area contributed by atoms with Gasteiger partial charge in [0.1, 0.15) is 0 Å². The fraction of sp³-hybridized carbons (Fsp3) is 0.714. The van der Waals surface area contributed by atoms with Crippen molar-refractivity contribution >= 4 is 11.3 Å². The summed E-state index contributed by atoms with van der Waals surface area (Å²) in [6, 6.07) is 4.31. The maximum absolute atomic E-state index is 6.09. The molecule has 0 saturated heterocycles. The molecule has 1 fully saturated rings. The van der Waals surface area contributed by atoms with Gasteiger partial charge in [0, 0.05) is 23.5 Å². The van der Waals surface area contributed by atoms with E-state index in [1.807, 2.05) is 11.3 Å². The fourth-order valence-electron chi connectivity index (χ4n) is 3.02. The highest BCUT2D eigenvalue weighted by atomic mass is 32.1. The molecule has 3 heteroatoms. The molecule has 3 N–H and O–H groups in total. The van der Waals surface area contributed by atoms with Crippen LogP contribution in [0, 0.1) is 5.41 Å². The zero-order chi connectivity index (χ0) is 12.4. The molecule has 0 spiro atoms. The maximum Gasteiger partial charge on any atom is 0.0358 e. The molecule has 1 aliphatic carbocycles. The van der Waals surface area contributed by atoms with Gasteiger partial charge in [0.2, 0.25) is 0 Å². The molecule has 1 saturated carbocycles. The molecular weight excluding hydrogens is 228 g/mol. The molecule has 0 radical (unpaired) electrons. The van der Waals surface area contributed by atoms with E-state index in [1.54, 1.807) is 0 Å². The minimum absolute atomic E-state index is 0.120. The van der Waals surface area contributed by atoms with Crippen molar-refractivity contribution in [3.8, 4) is 0 Å². The molecular formula is C14H24N2S. The van der Waals surface area contributed by atoms with Gasteiger partial charge < -0.3 is 11.1 Å². The van der Waals surface area contributed by atoms with Crippen LogP contribution in [-0.4, -0.2) is 12.1 Å². The van der Waals surface area contributed by atoms with Crippen LogP contribution in [0.1, 0.15) is 44.4 Å². The molecule has 1 aromatic heterocycles. The SMILES string of the molecule is CC1(C)CCCCC1(CN)NCc1cccs1. The number of hydrogen-bond acceptors (Lipinski definition) is 3. The monoisotopic (exact) mass is 252 g/mol. The van der Waals surface area contributed by atoms with E-state index in [9.17, 15) is 0 Å². The lowest BCUT2D eigenvalue weighted by atomic mass is 9.63. The van der Waals surface area contributed by atoms with Crippen molar-refractivity contribution in [2.45, 2.75) is 51.6 Å². The molecule has 17 heavy (non-hydrogen) atoms. The summed E-state index contributed by atoms with van der Waals surface area (Å²) in [6.07, 6.45) is 5.14. The lowest BCUT2D eigenvalue weighted by molar-refractivity contribution is 0.0676. The average Bonchev–Trinajstić information content (AvgIpc) is 2.81. The van der Waals surface area contributed by atoms with Crippen molar-refractivity contribution in [1.29, 1.82) is 0 Å². The summed E-state index contributed by atoms with van der Waals surface area (Å²) in [5.74, 6) is 0. The van der Waals surface area contributed by atoms with Crippen molar-refractivity contribution in [2.75, 3.05) is 6.54 Å². The molecule has 0 amide bonds. The van der Waals surface area contributed by atoms with Crippen molar-refractivity contribution in [3.05, 3.63) is 22.4 Å². The van der Waals surface area contributed by atoms with Crippen LogP contribution < -0.4 is 11.1 Å². The van der Waals surface area contributed by atoms with E-state index in [4.69, 9.17) is 5.73 Å². The predicted molar refractivity (Wildman–Crippen MR) is 75.2 cm³/mol. The topological polar surface area (TPSA) is 38.0 Å². The van der Waals surface area contributed by atoms with Gasteiger partial charge in [0.25, 0.3) is 0 Å². The Morgan fingerprint density at radius 2 is 2.12 bits per heavy atom. The van der Waals surface area contributed by atoms with Crippen molar-refractivity contribution < 1.29 is 0 Å². The molecule has 0 aromatic carbocycles. The van der Waals surface area contributed by atoms with Crippen LogP contribution in [-0.2, 0) is 6.54 Å². The largest absolute Gasteiger partial charge is 0.329 e. The van der Waals surface area contributed by atoms with Crippen LogP contribution in [0.25, 0.3) is 0 Å². The first-order valence-corrected chi connectivity index (χ1v) is 7.45. The Kier molecular flexibility index (Phi) is 3.91. The van der Waals surface area contributed by atoms with Gasteiger partial charge in [-0.1, -0.05) is 32.8 Å². The van der Waals surface area contributed by atoms with E-state index >= 15 is 0 Å². The van der Waals surface area contributed by atoms with E-state index in [0.29, 0.717) is 5.41 Å². The highest BCUT2D eigenvalue weighted by Gasteiger charge is 2.45. The van der Waals surface area contributed by atoms with Gasteiger partial charge in [0.15, 0.2) is 0 Å². The molecule has 1 heterocycles. The first kappa shape index (κ1) is 13.1. The molecule has 96 valence electrons. The normalized spacial score (nSPS) is 28.2. The second-order valence-corrected chi connectivity index (χ2v) is 6.84. The minimum atomic E-state index is 0.120. The van der Waals surface area contributed by atoms with Crippen molar-refractivity contribution in [2.24, 2.45) is 11.1 Å². The summed E-state index contributed by atoms with van der Waals surface area (Å²) in [5, 5.41) is 5.90. The second-order valence-electron chi connectivity index (χ2n) is 5.81. The molecule has 2 rings (SSSR count). The predicted octanol–water partition coefficient (Wildman–Crippen LogP) is 3.14. The van der Waals surface area contributed by atoms with Crippen LogP contribution in [0.15, 0.2) is 17.5 Å². The Morgan fingerprint density at radius 1 is 1.35 bits per heavy atom. The van der Waals surface area contributed by atoms with Crippen molar-refractivity contribution in [1.82, 2.24) is 5.32 Å². The Hall–Kier alpha value is -0.380. The molecule has 0 bridgehead atoms. The van der Waals surface area contributed by atoms with Gasteiger partial charge >= 0.3 is 0 Å². The molecule has 1 aromatic rings. The van der Waals surface area contributed by atoms with Gasteiger partial charge in [-0.3, -0.25) is 0 Å². The molecule has 2 nitrogen and oxygen atoms in total. The van der Waals surface area contributed by atoms with Crippen LogP contribution in [0.5, 0.6) is 0 Å². The summed E-state index contributed by atoms with van der Waals surface area (Å²) in [5.41, 5.74) is 6.52. The quantitative estimate of drug-likeness (QED) is 0.864. The Morgan fingerprint density at radius 3 is 2.71 bits per heavy atom. The number of rotatable bonds is 4. The van der Waals surface area contributed by atoms with E-state index in [2.05, 4.69) is 36.7 Å². The highest BCUT2D eigenvalue weighted by Crippen LogP contribution is 2.43. The standard InChI is InChI=1S/C14H24N2S/c1-13(2)7-3-4-8-14(13,11-15)16-10-12-6-5-9-17-12/h5-6,9,16H,3-4,7-8,10-11,15H2,1-2H3. The molecule has 1 atom stereocenters. The third kappa shape index (κ3) is 2.56. The maximum atomic E-state index is 6.09. The van der Waals surface area contributed by atoms with Gasteiger partial charge in [0.05, 0.1) is 0 Å². The smallest absolute Gasteiger partial charge is 0.0358 e. The van der Waals surface area contributed by atoms with E-state index in [-0.39, 0.29) is 5.54 Å². The van der Waals surface area contributed by atoms with Gasteiger partial charge in [-0.2, -0.15) is 0 Å². The van der Waals surface area contributed by atoms with Crippen molar-refractivity contribution in [3.63, 3.8) is 0 Å². The van der Waals surface area contributed by atoms with E-state index in [0.717, 1.165) is 13.1 Å². The minimum Gasteiger partial charge on any atom is -0.329 e. The Labute approximate surface area is 109 Å². The number of nitrogens with two attached hydrogens (primary N) is 1. The average molecular weight is 252 g/mol. The van der Waals surface area contributed by atoms with Crippen LogP contribution in [0.2, 0.25) is 0 Å². The molecule has 1 aliphatic rings. The van der Waals surface area contributed by atoms with Gasteiger partial charge in [-0.25, -0.2) is 0 Å². The summed E-state index contributed by atoms with van der Waals surface area (Å²) in [4.78, 5) is 1.40. The van der Waals surface area contributed by atoms with Crippen LogP contribution >= 0.6 is 11.3 Å². The summed E-state index contributed by atoms with van der Waals surface area (Å²) in [6.45, 7) is 6.42. The van der Waals surface area contributed by atoms with Gasteiger partial charge in [-0.15, -0.1) is 11.3 Å². The third-order valence-corrected chi connectivity index (χ3v) is 5.36. The lowest BCUT2D eigenvalue weighted by Crippen LogP contribution is -2.61. The van der Waals surface area contributed by atoms with Gasteiger partial charge in [-0.05, 0) is 29.7 Å². The Bertz CT molecular complexity index is 345. The zero-order valence-corrected chi connectivity index (χ0v) is 11.8. The lowest BCUT2D eigenvalue weighted by Gasteiger charge is -2.50. The summed E-state index contributed by atoms with van der Waals surface area (Å²) in [7, 11) is 0. The Balaban J connectivity index is 2.07. The van der Waals surface area contributed by atoms with Crippen LogP contribution in [0.3, 0.4) is 0 Å². The number of hydrogen-bond donors (Lipinski definition) is 2. The first-order valence-electron chi connectivity index (χ1n) is 6.57. The second kappa shape index (κ2) is 5.09. The third-order valence-electron chi connectivity index (χ3n) is 4.48. The number of nitrogens with one attached hydrogen (secondary N) is 1. The van der Waals surface area contributed by atoms with E-state index < -0.39 is 0 Å². The molecule has 1 unspecified atom stereocenters. The first-order chi connectivity index (χ1) is 8.10. The zero-order valence-electron chi connectivity index (χ0n) is 11.0. The fourth-order valence-corrected chi connectivity index (χ4v) is 3.66. The summed E-state index contributed by atoms with van der Waals surface area (Å²) >= 11 is 1.82. The summed E-state index contributed by atoms with van der Waals surface area (Å²) < 4.78 is 0. The molecule has 0 aliphatic heterocycles. The number of thiophene rings is 1. The van der Waals surface area contributed by atoms with Crippen LogP contribution in [0.4, 0.5) is 0 Å². The van der Waals surface area contributed by atoms with E-state index in [1.165, 1.54) is 30.6 Å².